The molecule has 112 valence electrons. The van der Waals surface area contributed by atoms with Crippen molar-refractivity contribution < 1.29 is 0 Å². The number of benzene rings is 1. The SMILES string of the molecule is CCCn1nccc1C(NCC)C1Cc2ccccc2C1. The molecule has 3 heteroatoms. The third kappa shape index (κ3) is 2.88. The van der Waals surface area contributed by atoms with Crippen LogP contribution in [0.25, 0.3) is 0 Å². The number of hydrogen-bond acceptors (Lipinski definition) is 2. The van der Waals surface area contributed by atoms with E-state index in [-0.39, 0.29) is 0 Å². The van der Waals surface area contributed by atoms with E-state index >= 15 is 0 Å². The molecule has 1 unspecified atom stereocenters. The van der Waals surface area contributed by atoms with Crippen LogP contribution in [0.4, 0.5) is 0 Å². The van der Waals surface area contributed by atoms with Gasteiger partial charge in [-0.3, -0.25) is 4.68 Å². The Morgan fingerprint density at radius 2 is 1.90 bits per heavy atom. The van der Waals surface area contributed by atoms with Gasteiger partial charge < -0.3 is 5.32 Å². The quantitative estimate of drug-likeness (QED) is 0.881. The Labute approximate surface area is 127 Å². The Balaban J connectivity index is 1.84. The number of fused-ring (bicyclic) bond motifs is 1. The summed E-state index contributed by atoms with van der Waals surface area (Å²) < 4.78 is 2.18. The van der Waals surface area contributed by atoms with Gasteiger partial charge >= 0.3 is 0 Å². The zero-order valence-corrected chi connectivity index (χ0v) is 13.0. The van der Waals surface area contributed by atoms with Crippen LogP contribution < -0.4 is 5.32 Å². The zero-order valence-electron chi connectivity index (χ0n) is 13.0. The predicted molar refractivity (Wildman–Crippen MR) is 86.3 cm³/mol. The monoisotopic (exact) mass is 283 g/mol. The molecule has 1 aromatic heterocycles. The Morgan fingerprint density at radius 3 is 2.52 bits per heavy atom. The standard InChI is InChI=1S/C18H25N3/c1-3-11-21-17(9-10-20-21)18(19-4-2)16-12-14-7-5-6-8-15(14)13-16/h5-10,16,18-19H,3-4,11-13H2,1-2H3. The Bertz CT molecular complexity index is 563. The van der Waals surface area contributed by atoms with E-state index in [1.165, 1.54) is 29.7 Å². The molecule has 0 fully saturated rings. The Kier molecular flexibility index (Phi) is 4.39. The summed E-state index contributed by atoms with van der Waals surface area (Å²) in [6.07, 6.45) is 5.41. The van der Waals surface area contributed by atoms with E-state index in [0.29, 0.717) is 12.0 Å². The van der Waals surface area contributed by atoms with Crippen molar-refractivity contribution in [3.05, 3.63) is 53.3 Å². The van der Waals surface area contributed by atoms with Gasteiger partial charge in [-0.05, 0) is 48.9 Å². The van der Waals surface area contributed by atoms with Crippen LogP contribution in [0.1, 0.15) is 43.1 Å². The number of aryl methyl sites for hydroxylation is 1. The van der Waals surface area contributed by atoms with Gasteiger partial charge in [0.25, 0.3) is 0 Å². The highest BCUT2D eigenvalue weighted by Crippen LogP contribution is 2.35. The highest BCUT2D eigenvalue weighted by molar-refractivity contribution is 5.33. The Hall–Kier alpha value is -1.61. The molecule has 2 aromatic rings. The van der Waals surface area contributed by atoms with E-state index in [2.05, 4.69) is 59.3 Å². The largest absolute Gasteiger partial charge is 0.309 e. The fourth-order valence-electron chi connectivity index (χ4n) is 3.57. The lowest BCUT2D eigenvalue weighted by Crippen LogP contribution is -2.31. The third-order valence-electron chi connectivity index (χ3n) is 4.48. The average molecular weight is 283 g/mol. The number of aromatic nitrogens is 2. The summed E-state index contributed by atoms with van der Waals surface area (Å²) in [5.74, 6) is 0.634. The summed E-state index contributed by atoms with van der Waals surface area (Å²) in [4.78, 5) is 0. The second-order valence-electron chi connectivity index (χ2n) is 5.95. The summed E-state index contributed by atoms with van der Waals surface area (Å²) in [5, 5.41) is 8.21. The van der Waals surface area contributed by atoms with Crippen LogP contribution in [0.2, 0.25) is 0 Å². The number of nitrogens with one attached hydrogen (secondary N) is 1. The highest BCUT2D eigenvalue weighted by Gasteiger charge is 2.30. The van der Waals surface area contributed by atoms with Gasteiger partial charge in [-0.15, -0.1) is 0 Å². The van der Waals surface area contributed by atoms with E-state index in [4.69, 9.17) is 0 Å². The minimum absolute atomic E-state index is 0.399. The third-order valence-corrected chi connectivity index (χ3v) is 4.48. The Morgan fingerprint density at radius 1 is 1.19 bits per heavy atom. The van der Waals surface area contributed by atoms with Gasteiger partial charge in [0.05, 0.1) is 11.7 Å². The molecular formula is C18H25N3. The van der Waals surface area contributed by atoms with Crippen molar-refractivity contribution in [1.29, 1.82) is 0 Å². The molecule has 1 aromatic carbocycles. The van der Waals surface area contributed by atoms with E-state index in [0.717, 1.165) is 19.5 Å². The number of hydrogen-bond donors (Lipinski definition) is 1. The van der Waals surface area contributed by atoms with Crippen LogP contribution in [0.15, 0.2) is 36.5 Å². The molecule has 0 saturated heterocycles. The molecular weight excluding hydrogens is 258 g/mol. The minimum atomic E-state index is 0.399. The van der Waals surface area contributed by atoms with Gasteiger partial charge in [0.1, 0.15) is 0 Å². The molecule has 21 heavy (non-hydrogen) atoms. The summed E-state index contributed by atoms with van der Waals surface area (Å²) in [5.41, 5.74) is 4.38. The van der Waals surface area contributed by atoms with Crippen LogP contribution in [0.3, 0.4) is 0 Å². The van der Waals surface area contributed by atoms with E-state index in [1.54, 1.807) is 0 Å². The van der Waals surface area contributed by atoms with Crippen molar-refractivity contribution in [2.45, 2.75) is 45.7 Å². The van der Waals surface area contributed by atoms with Crippen LogP contribution in [0, 0.1) is 5.92 Å². The molecule has 1 N–H and O–H groups in total. The van der Waals surface area contributed by atoms with Gasteiger partial charge in [0.15, 0.2) is 0 Å². The van der Waals surface area contributed by atoms with Crippen LogP contribution in [0.5, 0.6) is 0 Å². The summed E-state index contributed by atoms with van der Waals surface area (Å²) in [6, 6.07) is 11.5. The molecule has 1 atom stereocenters. The lowest BCUT2D eigenvalue weighted by Gasteiger charge is -2.25. The number of nitrogens with zero attached hydrogens (tertiary/aromatic N) is 2. The van der Waals surface area contributed by atoms with E-state index in [1.807, 2.05) is 6.20 Å². The van der Waals surface area contributed by atoms with Gasteiger partial charge in [0, 0.05) is 12.7 Å². The summed E-state index contributed by atoms with van der Waals surface area (Å²) in [6.45, 7) is 6.40. The molecule has 1 aliphatic rings. The van der Waals surface area contributed by atoms with Gasteiger partial charge in [0.2, 0.25) is 0 Å². The van der Waals surface area contributed by atoms with Gasteiger partial charge in [-0.25, -0.2) is 0 Å². The molecule has 0 radical (unpaired) electrons. The lowest BCUT2D eigenvalue weighted by atomic mass is 9.93. The summed E-state index contributed by atoms with van der Waals surface area (Å²) in [7, 11) is 0. The maximum Gasteiger partial charge on any atom is 0.0556 e. The molecule has 3 rings (SSSR count). The van der Waals surface area contributed by atoms with Crippen molar-refractivity contribution in [2.24, 2.45) is 5.92 Å². The van der Waals surface area contributed by atoms with Crippen molar-refractivity contribution in [2.75, 3.05) is 6.54 Å². The van der Waals surface area contributed by atoms with Crippen LogP contribution in [-0.4, -0.2) is 16.3 Å². The fraction of sp³-hybridized carbons (Fsp3) is 0.500. The fourth-order valence-corrected chi connectivity index (χ4v) is 3.57. The molecule has 1 aliphatic carbocycles. The second-order valence-corrected chi connectivity index (χ2v) is 5.95. The van der Waals surface area contributed by atoms with E-state index in [9.17, 15) is 0 Å². The predicted octanol–water partition coefficient (Wildman–Crippen LogP) is 3.36. The molecule has 0 bridgehead atoms. The minimum Gasteiger partial charge on any atom is -0.309 e. The first kappa shape index (κ1) is 14.3. The zero-order chi connectivity index (χ0) is 14.7. The molecule has 0 amide bonds. The lowest BCUT2D eigenvalue weighted by molar-refractivity contribution is 0.355. The normalized spacial score (nSPS) is 16.1. The first-order valence-corrected chi connectivity index (χ1v) is 8.15. The highest BCUT2D eigenvalue weighted by atomic mass is 15.3. The maximum absolute atomic E-state index is 4.51. The smallest absolute Gasteiger partial charge is 0.0556 e. The molecule has 0 aliphatic heterocycles. The average Bonchev–Trinajstić information content (AvgIpc) is 3.11. The summed E-state index contributed by atoms with van der Waals surface area (Å²) >= 11 is 0. The molecule has 0 spiro atoms. The first-order valence-electron chi connectivity index (χ1n) is 8.15. The van der Waals surface area contributed by atoms with Crippen LogP contribution in [-0.2, 0) is 19.4 Å². The van der Waals surface area contributed by atoms with Crippen LogP contribution >= 0.6 is 0 Å². The van der Waals surface area contributed by atoms with Crippen molar-refractivity contribution in [1.82, 2.24) is 15.1 Å². The maximum atomic E-state index is 4.51. The molecule has 1 heterocycles. The first-order chi connectivity index (χ1) is 10.3. The van der Waals surface area contributed by atoms with Crippen molar-refractivity contribution >= 4 is 0 Å². The van der Waals surface area contributed by atoms with Crippen molar-refractivity contribution in [3.63, 3.8) is 0 Å². The van der Waals surface area contributed by atoms with Gasteiger partial charge in [-0.2, -0.15) is 5.10 Å². The topological polar surface area (TPSA) is 29.9 Å². The van der Waals surface area contributed by atoms with E-state index < -0.39 is 0 Å². The molecule has 0 saturated carbocycles. The molecule has 3 nitrogen and oxygen atoms in total. The number of rotatable bonds is 6. The second kappa shape index (κ2) is 6.44. The van der Waals surface area contributed by atoms with Gasteiger partial charge in [-0.1, -0.05) is 38.1 Å². The van der Waals surface area contributed by atoms with Crippen molar-refractivity contribution in [3.8, 4) is 0 Å².